The van der Waals surface area contributed by atoms with Gasteiger partial charge in [0.1, 0.15) is 0 Å². The van der Waals surface area contributed by atoms with Gasteiger partial charge >= 0.3 is 0 Å². The number of aryl methyl sites for hydroxylation is 1. The predicted molar refractivity (Wildman–Crippen MR) is 118 cm³/mol. The smallest absolute Gasteiger partial charge is 0.207 e. The molecule has 3 rings (SSSR count). The van der Waals surface area contributed by atoms with Crippen molar-refractivity contribution in [3.05, 3.63) is 114 Å². The predicted octanol–water partition coefficient (Wildman–Crippen LogP) is 4.79. The highest BCUT2D eigenvalue weighted by molar-refractivity contribution is 7.89. The lowest BCUT2D eigenvalue weighted by Crippen LogP contribution is -2.30. The lowest BCUT2D eigenvalue weighted by atomic mass is 10.2. The first-order valence-corrected chi connectivity index (χ1v) is 10.8. The maximum absolute atomic E-state index is 13.2. The van der Waals surface area contributed by atoms with E-state index in [4.69, 9.17) is 0 Å². The topological polar surface area (TPSA) is 37.4 Å². The second-order valence-electron chi connectivity index (χ2n) is 6.63. The zero-order valence-electron chi connectivity index (χ0n) is 16.3. The van der Waals surface area contributed by atoms with Crippen LogP contribution in [0.5, 0.6) is 0 Å². The van der Waals surface area contributed by atoms with E-state index in [9.17, 15) is 8.42 Å². The van der Waals surface area contributed by atoms with E-state index >= 15 is 0 Å². The third-order valence-corrected chi connectivity index (χ3v) is 6.19. The Kier molecular flexibility index (Phi) is 7.02. The fourth-order valence-electron chi connectivity index (χ4n) is 2.77. The Bertz CT molecular complexity index is 1110. The molecule has 0 saturated carbocycles. The van der Waals surface area contributed by atoms with Gasteiger partial charge in [-0.2, -0.15) is 4.31 Å². The first kappa shape index (κ1) is 20.6. The van der Waals surface area contributed by atoms with Crippen molar-refractivity contribution in [1.29, 1.82) is 0 Å². The molecule has 0 fully saturated rings. The molecule has 0 aliphatic heterocycles. The number of allylic oxidation sites excluding steroid dienone is 1. The highest BCUT2D eigenvalue weighted by Crippen LogP contribution is 2.19. The van der Waals surface area contributed by atoms with Gasteiger partial charge in [-0.15, -0.1) is 0 Å². The zero-order chi connectivity index (χ0) is 20.5. The van der Waals surface area contributed by atoms with Crippen molar-refractivity contribution in [2.45, 2.75) is 18.4 Å². The molecular formula is C25H23NO2S. The van der Waals surface area contributed by atoms with Crippen LogP contribution in [-0.4, -0.2) is 19.3 Å². The van der Waals surface area contributed by atoms with Gasteiger partial charge in [0.15, 0.2) is 0 Å². The average Bonchev–Trinajstić information content (AvgIpc) is 2.74. The second kappa shape index (κ2) is 9.88. The zero-order valence-corrected chi connectivity index (χ0v) is 17.1. The highest BCUT2D eigenvalue weighted by Gasteiger charge is 2.23. The summed E-state index contributed by atoms with van der Waals surface area (Å²) in [6, 6.07) is 26.2. The molecule has 29 heavy (non-hydrogen) atoms. The van der Waals surface area contributed by atoms with Gasteiger partial charge < -0.3 is 0 Å². The number of rotatable bonds is 6. The van der Waals surface area contributed by atoms with Gasteiger partial charge in [-0.3, -0.25) is 0 Å². The van der Waals surface area contributed by atoms with Gasteiger partial charge in [-0.05, 0) is 42.8 Å². The lowest BCUT2D eigenvalue weighted by Gasteiger charge is -2.21. The van der Waals surface area contributed by atoms with Crippen LogP contribution in [0.1, 0.15) is 16.7 Å². The van der Waals surface area contributed by atoms with Gasteiger partial charge in [0.25, 0.3) is 0 Å². The fraction of sp³-hybridized carbons (Fsp3) is 0.120. The summed E-state index contributed by atoms with van der Waals surface area (Å²) in [5.41, 5.74) is 2.88. The standard InChI is InChI=1S/C25H23NO2S/c1-22-16-18-25(19-17-22)29(27,28)26(21-24-14-7-3-8-15-24)20-10-4-9-13-23-11-5-2-6-12-23/h2-8,10-12,14-19H,20-21H2,1H3/b10-4+. The second-order valence-corrected chi connectivity index (χ2v) is 8.57. The molecule has 4 heteroatoms. The van der Waals surface area contributed by atoms with Crippen LogP contribution in [0.4, 0.5) is 0 Å². The Hall–Kier alpha value is -3.13. The average molecular weight is 402 g/mol. The maximum Gasteiger partial charge on any atom is 0.243 e. The minimum Gasteiger partial charge on any atom is -0.207 e. The van der Waals surface area contributed by atoms with Crippen molar-refractivity contribution in [3.63, 3.8) is 0 Å². The molecule has 0 heterocycles. The van der Waals surface area contributed by atoms with Crippen molar-refractivity contribution >= 4 is 10.0 Å². The summed E-state index contributed by atoms with van der Waals surface area (Å²) < 4.78 is 27.8. The molecular weight excluding hydrogens is 378 g/mol. The third-order valence-electron chi connectivity index (χ3n) is 4.36. The van der Waals surface area contributed by atoms with Gasteiger partial charge in [0.05, 0.1) is 4.90 Å². The monoisotopic (exact) mass is 401 g/mol. The molecule has 0 aliphatic carbocycles. The summed E-state index contributed by atoms with van der Waals surface area (Å²) in [5, 5.41) is 0. The normalized spacial score (nSPS) is 11.4. The van der Waals surface area contributed by atoms with Crippen LogP contribution in [0.15, 0.2) is 102 Å². The third kappa shape index (κ3) is 5.92. The summed E-state index contributed by atoms with van der Waals surface area (Å²) in [6.45, 7) is 2.48. The largest absolute Gasteiger partial charge is 0.243 e. The lowest BCUT2D eigenvalue weighted by molar-refractivity contribution is 0.438. The number of sulfonamides is 1. The molecule has 0 N–H and O–H groups in total. The first-order valence-electron chi connectivity index (χ1n) is 9.38. The van der Waals surface area contributed by atoms with Crippen molar-refractivity contribution in [3.8, 4) is 11.8 Å². The molecule has 0 spiro atoms. The molecule has 0 atom stereocenters. The van der Waals surface area contributed by atoms with E-state index < -0.39 is 10.0 Å². The van der Waals surface area contributed by atoms with Crippen LogP contribution in [0, 0.1) is 18.8 Å². The quantitative estimate of drug-likeness (QED) is 0.557. The Morgan fingerprint density at radius 3 is 2.14 bits per heavy atom. The van der Waals surface area contributed by atoms with E-state index in [0.29, 0.717) is 11.4 Å². The SMILES string of the molecule is Cc1ccc(S(=O)(=O)N(C/C=C/C#Cc2ccccc2)Cc2ccccc2)cc1. The molecule has 0 aromatic heterocycles. The van der Waals surface area contributed by atoms with Gasteiger partial charge in [-0.1, -0.05) is 84.1 Å². The summed E-state index contributed by atoms with van der Waals surface area (Å²) >= 11 is 0. The highest BCUT2D eigenvalue weighted by atomic mass is 32.2. The van der Waals surface area contributed by atoms with E-state index in [1.165, 1.54) is 4.31 Å². The number of nitrogens with zero attached hydrogens (tertiary/aromatic N) is 1. The molecule has 3 aromatic rings. The Morgan fingerprint density at radius 2 is 1.48 bits per heavy atom. The van der Waals surface area contributed by atoms with E-state index in [-0.39, 0.29) is 6.54 Å². The molecule has 0 radical (unpaired) electrons. The van der Waals surface area contributed by atoms with Crippen LogP contribution in [0.3, 0.4) is 0 Å². The summed E-state index contributed by atoms with van der Waals surface area (Å²) in [6.07, 6.45) is 3.49. The minimum absolute atomic E-state index is 0.245. The van der Waals surface area contributed by atoms with Crippen molar-refractivity contribution in [1.82, 2.24) is 4.31 Å². The number of hydrogen-bond acceptors (Lipinski definition) is 2. The maximum atomic E-state index is 13.2. The minimum atomic E-state index is -3.62. The number of benzene rings is 3. The molecule has 0 aliphatic rings. The van der Waals surface area contributed by atoms with Crippen LogP contribution >= 0.6 is 0 Å². The fourth-order valence-corrected chi connectivity index (χ4v) is 4.15. The molecule has 3 aromatic carbocycles. The van der Waals surface area contributed by atoms with Crippen LogP contribution in [0.2, 0.25) is 0 Å². The molecule has 3 nitrogen and oxygen atoms in total. The van der Waals surface area contributed by atoms with Crippen LogP contribution in [0.25, 0.3) is 0 Å². The van der Waals surface area contributed by atoms with Gasteiger partial charge in [0.2, 0.25) is 10.0 Å². The Balaban J connectivity index is 1.80. The molecule has 0 amide bonds. The summed E-state index contributed by atoms with van der Waals surface area (Å²) in [7, 11) is -3.62. The molecule has 0 unspecified atom stereocenters. The van der Waals surface area contributed by atoms with Gasteiger partial charge in [0, 0.05) is 18.7 Å². The molecule has 146 valence electrons. The molecule has 0 bridgehead atoms. The first-order chi connectivity index (χ1) is 14.1. The van der Waals surface area contributed by atoms with Gasteiger partial charge in [-0.25, -0.2) is 8.42 Å². The number of hydrogen-bond donors (Lipinski definition) is 0. The van der Waals surface area contributed by atoms with E-state index in [1.807, 2.05) is 79.7 Å². The Morgan fingerprint density at radius 1 is 0.862 bits per heavy atom. The van der Waals surface area contributed by atoms with Crippen LogP contribution < -0.4 is 0 Å². The van der Waals surface area contributed by atoms with Crippen molar-refractivity contribution in [2.75, 3.05) is 6.54 Å². The van der Waals surface area contributed by atoms with Crippen molar-refractivity contribution in [2.24, 2.45) is 0 Å². The van der Waals surface area contributed by atoms with E-state index in [0.717, 1.165) is 16.7 Å². The Labute approximate surface area is 173 Å². The van der Waals surface area contributed by atoms with E-state index in [1.54, 1.807) is 24.3 Å². The summed E-state index contributed by atoms with van der Waals surface area (Å²) in [5.74, 6) is 6.01. The van der Waals surface area contributed by atoms with Crippen molar-refractivity contribution < 1.29 is 8.42 Å². The summed E-state index contributed by atoms with van der Waals surface area (Å²) in [4.78, 5) is 0.294. The molecule has 0 saturated heterocycles. The van der Waals surface area contributed by atoms with Crippen LogP contribution in [-0.2, 0) is 16.6 Å². The van der Waals surface area contributed by atoms with E-state index in [2.05, 4.69) is 11.8 Å².